The SMILES string of the molecule is CCNC(=O)CCNc1ncnc2ccc([N+](=O)[O-])cc12. The zero-order valence-corrected chi connectivity index (χ0v) is 11.5. The molecule has 1 aromatic heterocycles. The molecule has 0 fully saturated rings. The zero-order valence-electron chi connectivity index (χ0n) is 11.5. The number of rotatable bonds is 6. The van der Waals surface area contributed by atoms with Crippen molar-refractivity contribution in [3.05, 3.63) is 34.6 Å². The Morgan fingerprint density at radius 1 is 1.38 bits per heavy atom. The maximum Gasteiger partial charge on any atom is 0.270 e. The highest BCUT2D eigenvalue weighted by atomic mass is 16.6. The summed E-state index contributed by atoms with van der Waals surface area (Å²) in [7, 11) is 0. The van der Waals surface area contributed by atoms with E-state index >= 15 is 0 Å². The number of hydrogen-bond acceptors (Lipinski definition) is 6. The van der Waals surface area contributed by atoms with Gasteiger partial charge >= 0.3 is 0 Å². The summed E-state index contributed by atoms with van der Waals surface area (Å²) in [6.45, 7) is 2.82. The molecule has 2 N–H and O–H groups in total. The fourth-order valence-corrected chi connectivity index (χ4v) is 1.88. The largest absolute Gasteiger partial charge is 0.369 e. The first kappa shape index (κ1) is 14.6. The minimum atomic E-state index is -0.467. The number of carbonyl (C=O) groups is 1. The van der Waals surface area contributed by atoms with Gasteiger partial charge in [0.2, 0.25) is 5.91 Å². The summed E-state index contributed by atoms with van der Waals surface area (Å²) in [6, 6.07) is 4.39. The number of benzene rings is 1. The smallest absolute Gasteiger partial charge is 0.270 e. The van der Waals surface area contributed by atoms with Crippen molar-refractivity contribution in [3.8, 4) is 0 Å². The summed E-state index contributed by atoms with van der Waals surface area (Å²) in [4.78, 5) is 29.9. The second-order valence-corrected chi connectivity index (χ2v) is 4.31. The number of nitro benzene ring substituents is 1. The van der Waals surface area contributed by atoms with Crippen LogP contribution in [0.4, 0.5) is 11.5 Å². The summed E-state index contributed by atoms with van der Waals surface area (Å²) in [6.07, 6.45) is 1.68. The Morgan fingerprint density at radius 3 is 2.90 bits per heavy atom. The van der Waals surface area contributed by atoms with Crippen molar-refractivity contribution >= 4 is 28.3 Å². The van der Waals surface area contributed by atoms with Crippen LogP contribution in [0.15, 0.2) is 24.5 Å². The van der Waals surface area contributed by atoms with Gasteiger partial charge < -0.3 is 10.6 Å². The van der Waals surface area contributed by atoms with Crippen LogP contribution in [0.2, 0.25) is 0 Å². The summed E-state index contributed by atoms with van der Waals surface area (Å²) < 4.78 is 0. The molecule has 0 radical (unpaired) electrons. The van der Waals surface area contributed by atoms with E-state index in [0.29, 0.717) is 36.2 Å². The predicted octanol–water partition coefficient (Wildman–Crippen LogP) is 1.48. The van der Waals surface area contributed by atoms with Crippen LogP contribution in [0.25, 0.3) is 10.9 Å². The Hall–Kier alpha value is -2.77. The minimum Gasteiger partial charge on any atom is -0.369 e. The summed E-state index contributed by atoms with van der Waals surface area (Å²) in [5.74, 6) is 0.419. The van der Waals surface area contributed by atoms with E-state index in [-0.39, 0.29) is 11.6 Å². The van der Waals surface area contributed by atoms with E-state index in [2.05, 4.69) is 20.6 Å². The van der Waals surface area contributed by atoms with Gasteiger partial charge in [-0.25, -0.2) is 9.97 Å². The Labute approximate surface area is 120 Å². The highest BCUT2D eigenvalue weighted by molar-refractivity contribution is 5.90. The van der Waals surface area contributed by atoms with Gasteiger partial charge in [0.15, 0.2) is 0 Å². The van der Waals surface area contributed by atoms with E-state index in [4.69, 9.17) is 0 Å². The third kappa shape index (κ3) is 3.62. The second-order valence-electron chi connectivity index (χ2n) is 4.31. The van der Waals surface area contributed by atoms with E-state index in [9.17, 15) is 14.9 Å². The lowest BCUT2D eigenvalue weighted by Crippen LogP contribution is -2.24. The van der Waals surface area contributed by atoms with Gasteiger partial charge in [0.1, 0.15) is 12.1 Å². The van der Waals surface area contributed by atoms with E-state index in [0.717, 1.165) is 0 Å². The maximum atomic E-state index is 11.4. The number of aromatic nitrogens is 2. The molecule has 8 nitrogen and oxygen atoms in total. The van der Waals surface area contributed by atoms with Crippen molar-refractivity contribution in [2.45, 2.75) is 13.3 Å². The molecule has 0 spiro atoms. The number of fused-ring (bicyclic) bond motifs is 1. The number of hydrogen-bond donors (Lipinski definition) is 2. The van der Waals surface area contributed by atoms with Gasteiger partial charge in [-0.3, -0.25) is 14.9 Å². The number of anilines is 1. The van der Waals surface area contributed by atoms with E-state index < -0.39 is 4.92 Å². The van der Waals surface area contributed by atoms with Gasteiger partial charge in [-0.05, 0) is 13.0 Å². The van der Waals surface area contributed by atoms with Crippen LogP contribution in [0.1, 0.15) is 13.3 Å². The van der Waals surface area contributed by atoms with E-state index in [1.165, 1.54) is 18.5 Å². The third-order valence-electron chi connectivity index (χ3n) is 2.85. The van der Waals surface area contributed by atoms with Gasteiger partial charge in [0.05, 0.1) is 10.4 Å². The molecule has 0 aliphatic carbocycles. The Kier molecular flexibility index (Phi) is 4.60. The fourth-order valence-electron chi connectivity index (χ4n) is 1.88. The van der Waals surface area contributed by atoms with Crippen molar-refractivity contribution in [2.24, 2.45) is 0 Å². The molecule has 8 heteroatoms. The molecule has 1 aromatic carbocycles. The lowest BCUT2D eigenvalue weighted by molar-refractivity contribution is -0.384. The van der Waals surface area contributed by atoms with Gasteiger partial charge in [-0.2, -0.15) is 0 Å². The number of carbonyl (C=O) groups excluding carboxylic acids is 1. The van der Waals surface area contributed by atoms with Crippen molar-refractivity contribution in [1.82, 2.24) is 15.3 Å². The molecule has 0 aliphatic heterocycles. The lowest BCUT2D eigenvalue weighted by Gasteiger charge is -2.08. The minimum absolute atomic E-state index is 0.0240. The molecule has 21 heavy (non-hydrogen) atoms. The molecule has 2 rings (SSSR count). The monoisotopic (exact) mass is 289 g/mol. The van der Waals surface area contributed by atoms with Crippen LogP contribution in [-0.4, -0.2) is 33.9 Å². The first-order valence-electron chi connectivity index (χ1n) is 6.51. The van der Waals surface area contributed by atoms with Crippen LogP contribution in [0, 0.1) is 10.1 Å². The molecule has 1 amide bonds. The van der Waals surface area contributed by atoms with E-state index in [1.54, 1.807) is 6.07 Å². The van der Waals surface area contributed by atoms with Gasteiger partial charge in [0.25, 0.3) is 5.69 Å². The van der Waals surface area contributed by atoms with Crippen LogP contribution in [-0.2, 0) is 4.79 Å². The first-order valence-corrected chi connectivity index (χ1v) is 6.51. The summed E-state index contributed by atoms with van der Waals surface area (Å²) in [5.41, 5.74) is 0.584. The van der Waals surface area contributed by atoms with Crippen LogP contribution in [0.3, 0.4) is 0 Å². The Morgan fingerprint density at radius 2 is 2.19 bits per heavy atom. The third-order valence-corrected chi connectivity index (χ3v) is 2.85. The predicted molar refractivity (Wildman–Crippen MR) is 78.0 cm³/mol. The Balaban J connectivity index is 2.17. The molecule has 1 heterocycles. The average Bonchev–Trinajstić information content (AvgIpc) is 2.47. The number of nitrogens with zero attached hydrogens (tertiary/aromatic N) is 3. The van der Waals surface area contributed by atoms with Crippen LogP contribution < -0.4 is 10.6 Å². The molecule has 0 bridgehead atoms. The van der Waals surface area contributed by atoms with Crippen molar-refractivity contribution in [3.63, 3.8) is 0 Å². The molecular weight excluding hydrogens is 274 g/mol. The summed E-state index contributed by atoms with van der Waals surface area (Å²) >= 11 is 0. The van der Waals surface area contributed by atoms with Crippen LogP contribution in [0.5, 0.6) is 0 Å². The molecule has 0 unspecified atom stereocenters. The van der Waals surface area contributed by atoms with Gasteiger partial charge in [0, 0.05) is 37.0 Å². The standard InChI is InChI=1S/C13H15N5O3/c1-2-14-12(19)5-6-15-13-10-7-9(18(20)21)3-4-11(10)16-8-17-13/h3-4,7-8H,2,5-6H2,1H3,(H,14,19)(H,15,16,17). The molecule has 0 saturated carbocycles. The normalized spacial score (nSPS) is 10.3. The number of nitro groups is 1. The quantitative estimate of drug-likeness (QED) is 0.615. The summed E-state index contributed by atoms with van der Waals surface area (Å²) in [5, 5.41) is 17.1. The maximum absolute atomic E-state index is 11.4. The van der Waals surface area contributed by atoms with E-state index in [1.807, 2.05) is 6.92 Å². The van der Waals surface area contributed by atoms with Crippen molar-refractivity contribution in [1.29, 1.82) is 0 Å². The first-order chi connectivity index (χ1) is 10.1. The molecule has 0 saturated heterocycles. The Bertz CT molecular complexity index is 674. The topological polar surface area (TPSA) is 110 Å². The number of amides is 1. The zero-order chi connectivity index (χ0) is 15.2. The highest BCUT2D eigenvalue weighted by Gasteiger charge is 2.10. The van der Waals surface area contributed by atoms with Crippen molar-refractivity contribution < 1.29 is 9.72 Å². The molecular formula is C13H15N5O3. The molecule has 110 valence electrons. The highest BCUT2D eigenvalue weighted by Crippen LogP contribution is 2.24. The molecule has 0 atom stereocenters. The fraction of sp³-hybridized carbons (Fsp3) is 0.308. The van der Waals surface area contributed by atoms with Gasteiger partial charge in [-0.15, -0.1) is 0 Å². The number of non-ortho nitro benzene ring substituents is 1. The van der Waals surface area contributed by atoms with Crippen molar-refractivity contribution in [2.75, 3.05) is 18.4 Å². The lowest BCUT2D eigenvalue weighted by atomic mass is 10.2. The number of nitrogens with one attached hydrogen (secondary N) is 2. The second kappa shape index (κ2) is 6.60. The van der Waals surface area contributed by atoms with Gasteiger partial charge in [-0.1, -0.05) is 0 Å². The molecule has 2 aromatic rings. The molecule has 0 aliphatic rings. The van der Waals surface area contributed by atoms with Crippen LogP contribution >= 0.6 is 0 Å². The average molecular weight is 289 g/mol.